The number of halogens is 1. The van der Waals surface area contributed by atoms with Gasteiger partial charge in [0.05, 0.1) is 0 Å². The van der Waals surface area contributed by atoms with Gasteiger partial charge in [0.2, 0.25) is 0 Å². The van der Waals surface area contributed by atoms with Crippen LogP contribution in [0.4, 0.5) is 9.18 Å². The van der Waals surface area contributed by atoms with E-state index in [0.717, 1.165) is 43.2 Å². The molecular formula is C23H29FN3O2+. The molecule has 1 aliphatic rings. The Balaban J connectivity index is 1.64. The molecule has 0 saturated heterocycles. The van der Waals surface area contributed by atoms with Gasteiger partial charge in [-0.15, -0.1) is 0 Å². The maximum absolute atomic E-state index is 13.8. The number of aryl methyl sites for hydroxylation is 1. The summed E-state index contributed by atoms with van der Waals surface area (Å²) in [5.74, 6) is -0.682. The second kappa shape index (κ2) is 10.2. The van der Waals surface area contributed by atoms with Crippen LogP contribution in [0.25, 0.3) is 0 Å². The third-order valence-electron chi connectivity index (χ3n) is 5.44. The van der Waals surface area contributed by atoms with Crippen molar-refractivity contribution in [3.63, 3.8) is 0 Å². The van der Waals surface area contributed by atoms with Gasteiger partial charge in [0.1, 0.15) is 11.9 Å². The van der Waals surface area contributed by atoms with Crippen LogP contribution < -0.4 is 16.0 Å². The first-order valence-electron chi connectivity index (χ1n) is 10.3. The molecule has 29 heavy (non-hydrogen) atoms. The van der Waals surface area contributed by atoms with Crippen molar-refractivity contribution in [3.8, 4) is 0 Å². The molecule has 0 aliphatic heterocycles. The second-order valence-corrected chi connectivity index (χ2v) is 7.57. The highest BCUT2D eigenvalue weighted by atomic mass is 19.1. The Labute approximate surface area is 171 Å². The molecule has 0 unspecified atom stereocenters. The highest BCUT2D eigenvalue weighted by molar-refractivity contribution is 5.94. The van der Waals surface area contributed by atoms with E-state index in [1.165, 1.54) is 17.7 Å². The van der Waals surface area contributed by atoms with Gasteiger partial charge >= 0.3 is 6.03 Å². The minimum Gasteiger partial charge on any atom is -0.335 e. The predicted octanol–water partition coefficient (Wildman–Crippen LogP) is 2.81. The van der Waals surface area contributed by atoms with Gasteiger partial charge in [-0.1, -0.05) is 56.2 Å². The van der Waals surface area contributed by atoms with Crippen LogP contribution >= 0.6 is 0 Å². The van der Waals surface area contributed by atoms with E-state index in [1.54, 1.807) is 6.07 Å². The van der Waals surface area contributed by atoms with Crippen molar-refractivity contribution in [1.29, 1.82) is 0 Å². The van der Waals surface area contributed by atoms with Gasteiger partial charge in [0, 0.05) is 17.2 Å². The Bertz CT molecular complexity index is 832. The summed E-state index contributed by atoms with van der Waals surface area (Å²) in [6.07, 6.45) is 5.08. The summed E-state index contributed by atoms with van der Waals surface area (Å²) < 4.78 is 13.8. The molecule has 154 valence electrons. The Hall–Kier alpha value is -2.73. The molecule has 5 nitrogen and oxygen atoms in total. The molecule has 0 radical (unpaired) electrons. The van der Waals surface area contributed by atoms with E-state index >= 15 is 0 Å². The van der Waals surface area contributed by atoms with Crippen LogP contribution in [-0.4, -0.2) is 24.5 Å². The summed E-state index contributed by atoms with van der Waals surface area (Å²) in [5, 5.41) is 7.07. The lowest BCUT2D eigenvalue weighted by molar-refractivity contribution is -0.676. The van der Waals surface area contributed by atoms with Crippen molar-refractivity contribution < 1.29 is 19.3 Å². The number of urea groups is 1. The summed E-state index contributed by atoms with van der Waals surface area (Å²) in [5.41, 5.74) is 2.97. The van der Waals surface area contributed by atoms with Crippen LogP contribution in [0.15, 0.2) is 48.5 Å². The number of quaternary nitrogens is 1. The van der Waals surface area contributed by atoms with Crippen LogP contribution in [0.5, 0.6) is 0 Å². The summed E-state index contributed by atoms with van der Waals surface area (Å²) >= 11 is 0. The van der Waals surface area contributed by atoms with Crippen molar-refractivity contribution >= 4 is 11.9 Å². The zero-order valence-electron chi connectivity index (χ0n) is 16.8. The number of carbonyl (C=O) groups is 2. The largest absolute Gasteiger partial charge is 0.335 e. The van der Waals surface area contributed by atoms with E-state index in [-0.39, 0.29) is 30.4 Å². The first-order valence-corrected chi connectivity index (χ1v) is 10.3. The Morgan fingerprint density at radius 3 is 2.48 bits per heavy atom. The summed E-state index contributed by atoms with van der Waals surface area (Å²) in [6, 6.07) is 14.0. The average Bonchev–Trinajstić information content (AvgIpc) is 3.21. The maximum Gasteiger partial charge on any atom is 0.321 e. The lowest BCUT2D eigenvalue weighted by Crippen LogP contribution is -2.88. The Kier molecular flexibility index (Phi) is 7.36. The predicted molar refractivity (Wildman–Crippen MR) is 110 cm³/mol. The monoisotopic (exact) mass is 398 g/mol. The molecule has 0 heterocycles. The third-order valence-corrected chi connectivity index (χ3v) is 5.44. The minimum absolute atomic E-state index is 0.0643. The molecule has 0 aromatic heterocycles. The smallest absolute Gasteiger partial charge is 0.321 e. The molecule has 1 atom stereocenters. The molecular weight excluding hydrogens is 369 g/mol. The molecule has 0 bridgehead atoms. The molecule has 2 aromatic carbocycles. The standard InChI is InChI=1S/C23H28FN3O2/c1-2-16-10-12-17(13-11-16)22(18-6-5-7-19(24)14-18)25-15-21(28)27-23(29)26-20-8-3-4-9-20/h5-7,10-14,20,22,25H,2-4,8-9,15H2,1H3,(H2,26,27,28,29)/p+1/t22-/m0/s1. The van der Waals surface area contributed by atoms with Gasteiger partial charge in [0.15, 0.2) is 6.54 Å². The fourth-order valence-corrected chi connectivity index (χ4v) is 3.82. The van der Waals surface area contributed by atoms with Gasteiger partial charge in [0.25, 0.3) is 5.91 Å². The second-order valence-electron chi connectivity index (χ2n) is 7.57. The highest BCUT2D eigenvalue weighted by Crippen LogP contribution is 2.20. The minimum atomic E-state index is -0.440. The fourth-order valence-electron chi connectivity index (χ4n) is 3.82. The van der Waals surface area contributed by atoms with Crippen molar-refractivity contribution in [2.45, 2.75) is 51.1 Å². The normalized spacial score (nSPS) is 15.1. The summed E-state index contributed by atoms with van der Waals surface area (Å²) in [6.45, 7) is 2.15. The molecule has 3 rings (SSSR count). The van der Waals surface area contributed by atoms with Crippen LogP contribution in [0.3, 0.4) is 0 Å². The van der Waals surface area contributed by atoms with Crippen LogP contribution in [0.2, 0.25) is 0 Å². The maximum atomic E-state index is 13.8. The SMILES string of the molecule is CCc1ccc([C@H]([NH2+]CC(=O)NC(=O)NC2CCCC2)c2cccc(F)c2)cc1. The van der Waals surface area contributed by atoms with Crippen molar-refractivity contribution in [2.75, 3.05) is 6.54 Å². The number of amides is 3. The zero-order chi connectivity index (χ0) is 20.6. The molecule has 4 N–H and O–H groups in total. The molecule has 0 spiro atoms. The van der Waals surface area contributed by atoms with E-state index in [0.29, 0.717) is 0 Å². The first-order chi connectivity index (χ1) is 14.0. The molecule has 3 amide bonds. The molecule has 2 aromatic rings. The average molecular weight is 399 g/mol. The first kappa shape index (κ1) is 21.0. The topological polar surface area (TPSA) is 74.8 Å². The van der Waals surface area contributed by atoms with Gasteiger partial charge < -0.3 is 10.6 Å². The number of imide groups is 1. The quantitative estimate of drug-likeness (QED) is 0.671. The van der Waals surface area contributed by atoms with Crippen LogP contribution in [-0.2, 0) is 11.2 Å². The van der Waals surface area contributed by atoms with Crippen molar-refractivity contribution in [3.05, 3.63) is 71.0 Å². The van der Waals surface area contributed by atoms with Crippen molar-refractivity contribution in [2.24, 2.45) is 0 Å². The van der Waals surface area contributed by atoms with E-state index in [1.807, 2.05) is 35.6 Å². The number of hydrogen-bond acceptors (Lipinski definition) is 2. The van der Waals surface area contributed by atoms with E-state index in [9.17, 15) is 14.0 Å². The van der Waals surface area contributed by atoms with E-state index in [2.05, 4.69) is 17.6 Å². The lowest BCUT2D eigenvalue weighted by atomic mass is 9.97. The van der Waals surface area contributed by atoms with E-state index in [4.69, 9.17) is 0 Å². The fraction of sp³-hybridized carbons (Fsp3) is 0.391. The number of benzene rings is 2. The number of hydrogen-bond donors (Lipinski definition) is 3. The summed E-state index contributed by atoms with van der Waals surface area (Å²) in [7, 11) is 0. The Morgan fingerprint density at radius 2 is 1.83 bits per heavy atom. The van der Waals surface area contributed by atoms with Crippen LogP contribution in [0, 0.1) is 5.82 Å². The molecule has 1 aliphatic carbocycles. The van der Waals surface area contributed by atoms with E-state index < -0.39 is 6.03 Å². The van der Waals surface area contributed by atoms with Gasteiger partial charge in [-0.25, -0.2) is 9.18 Å². The molecule has 1 saturated carbocycles. The number of nitrogens with one attached hydrogen (secondary N) is 2. The lowest BCUT2D eigenvalue weighted by Gasteiger charge is -2.17. The third kappa shape index (κ3) is 6.12. The number of carbonyl (C=O) groups excluding carboxylic acids is 2. The van der Waals surface area contributed by atoms with Crippen molar-refractivity contribution in [1.82, 2.24) is 10.6 Å². The highest BCUT2D eigenvalue weighted by Gasteiger charge is 2.22. The van der Waals surface area contributed by atoms with Gasteiger partial charge in [-0.2, -0.15) is 0 Å². The number of rotatable bonds is 7. The van der Waals surface area contributed by atoms with Crippen LogP contribution in [0.1, 0.15) is 55.3 Å². The van der Waals surface area contributed by atoms with Gasteiger partial charge in [-0.05, 0) is 37.0 Å². The number of nitrogens with two attached hydrogens (primary N) is 1. The van der Waals surface area contributed by atoms with Gasteiger partial charge in [-0.3, -0.25) is 10.1 Å². The molecule has 1 fully saturated rings. The molecule has 6 heteroatoms. The summed E-state index contributed by atoms with van der Waals surface area (Å²) in [4.78, 5) is 24.3. The zero-order valence-corrected chi connectivity index (χ0v) is 16.8. The Morgan fingerprint density at radius 1 is 1.10 bits per heavy atom.